The van der Waals surface area contributed by atoms with Gasteiger partial charge in [-0.25, -0.2) is 0 Å². The number of rotatable bonds is 1. The molecule has 0 aliphatic carbocycles. The molecule has 84 valence electrons. The van der Waals surface area contributed by atoms with E-state index in [1.807, 2.05) is 19.1 Å². The van der Waals surface area contributed by atoms with Crippen LogP contribution >= 0.6 is 24.0 Å². The fraction of sp³-hybridized carbons (Fsp3) is 0.273. The van der Waals surface area contributed by atoms with Gasteiger partial charge in [-0.15, -0.1) is 0 Å². The van der Waals surface area contributed by atoms with Gasteiger partial charge < -0.3 is 10.6 Å². The molecular formula is C11H13N3S2. The maximum atomic E-state index is 5.08. The van der Waals surface area contributed by atoms with E-state index in [0.717, 1.165) is 23.2 Å². The number of hydrogen-bond acceptors (Lipinski definition) is 2. The van der Waals surface area contributed by atoms with Crippen LogP contribution in [0, 0.1) is 0 Å². The van der Waals surface area contributed by atoms with Crippen LogP contribution in [0.4, 0.5) is 5.69 Å². The second-order valence-electron chi connectivity index (χ2n) is 3.32. The Morgan fingerprint density at radius 3 is 3.19 bits per heavy atom. The van der Waals surface area contributed by atoms with E-state index < -0.39 is 0 Å². The van der Waals surface area contributed by atoms with Crippen LogP contribution < -0.4 is 10.6 Å². The van der Waals surface area contributed by atoms with Crippen molar-refractivity contribution in [1.82, 2.24) is 5.32 Å². The Balaban J connectivity index is 2.10. The summed E-state index contributed by atoms with van der Waals surface area (Å²) >= 11 is 6.75. The van der Waals surface area contributed by atoms with Crippen molar-refractivity contribution in [3.05, 3.63) is 29.8 Å². The van der Waals surface area contributed by atoms with Crippen molar-refractivity contribution in [2.75, 3.05) is 11.9 Å². The molecule has 0 atom stereocenters. The van der Waals surface area contributed by atoms with Crippen molar-refractivity contribution in [2.45, 2.75) is 12.7 Å². The van der Waals surface area contributed by atoms with E-state index in [2.05, 4.69) is 27.8 Å². The maximum Gasteiger partial charge on any atom is 0.195 e. The quantitative estimate of drug-likeness (QED) is 0.752. The molecule has 1 aromatic carbocycles. The molecule has 0 saturated heterocycles. The number of fused-ring (bicyclic) bond motifs is 1. The van der Waals surface area contributed by atoms with Crippen molar-refractivity contribution in [1.29, 1.82) is 0 Å². The number of thioether (sulfide) groups is 1. The lowest BCUT2D eigenvalue weighted by Crippen LogP contribution is -2.23. The third kappa shape index (κ3) is 2.74. The molecule has 0 aromatic heterocycles. The predicted molar refractivity (Wildman–Crippen MR) is 75.1 cm³/mol. The Kier molecular flexibility index (Phi) is 3.79. The van der Waals surface area contributed by atoms with E-state index in [4.69, 9.17) is 12.2 Å². The van der Waals surface area contributed by atoms with Crippen molar-refractivity contribution in [3.8, 4) is 0 Å². The number of nitrogens with zero attached hydrogens (tertiary/aromatic N) is 1. The summed E-state index contributed by atoms with van der Waals surface area (Å²) in [7, 11) is 0. The first kappa shape index (κ1) is 11.4. The minimum Gasteiger partial charge on any atom is -0.361 e. The van der Waals surface area contributed by atoms with Gasteiger partial charge in [0.25, 0.3) is 0 Å². The molecule has 0 amide bonds. The Morgan fingerprint density at radius 2 is 2.38 bits per heavy atom. The highest BCUT2D eigenvalue weighted by Gasteiger charge is 2.13. The summed E-state index contributed by atoms with van der Waals surface area (Å²) in [4.78, 5) is 4.31. The zero-order valence-corrected chi connectivity index (χ0v) is 10.6. The van der Waals surface area contributed by atoms with Crippen LogP contribution in [0.15, 0.2) is 29.3 Å². The first-order chi connectivity index (χ1) is 7.79. The Bertz CT molecular complexity index is 429. The number of amidine groups is 1. The molecule has 0 fully saturated rings. The Hall–Kier alpha value is -1.07. The molecule has 1 aliphatic heterocycles. The molecule has 2 N–H and O–H groups in total. The molecule has 0 spiro atoms. The van der Waals surface area contributed by atoms with Crippen molar-refractivity contribution in [2.24, 2.45) is 4.99 Å². The largest absolute Gasteiger partial charge is 0.361 e. The lowest BCUT2D eigenvalue weighted by molar-refractivity contribution is 0.973. The van der Waals surface area contributed by atoms with Gasteiger partial charge in [0, 0.05) is 18.0 Å². The van der Waals surface area contributed by atoms with Gasteiger partial charge in [-0.1, -0.05) is 30.0 Å². The SMILES string of the molecule is CCNC(=S)N=C1Nc2ccccc2CS1. The summed E-state index contributed by atoms with van der Waals surface area (Å²) in [6.45, 7) is 2.81. The Labute approximate surface area is 105 Å². The molecule has 0 radical (unpaired) electrons. The van der Waals surface area contributed by atoms with Gasteiger partial charge in [0.2, 0.25) is 0 Å². The van der Waals surface area contributed by atoms with E-state index in [0.29, 0.717) is 5.11 Å². The molecule has 1 aromatic rings. The smallest absolute Gasteiger partial charge is 0.195 e. The maximum absolute atomic E-state index is 5.08. The molecule has 0 unspecified atom stereocenters. The van der Waals surface area contributed by atoms with Gasteiger partial charge >= 0.3 is 0 Å². The molecular weight excluding hydrogens is 238 g/mol. The van der Waals surface area contributed by atoms with Gasteiger partial charge in [0.15, 0.2) is 10.3 Å². The summed E-state index contributed by atoms with van der Waals surface area (Å²) < 4.78 is 0. The van der Waals surface area contributed by atoms with Gasteiger partial charge in [0.05, 0.1) is 0 Å². The summed E-state index contributed by atoms with van der Waals surface area (Å²) in [6, 6.07) is 8.24. The van der Waals surface area contributed by atoms with Gasteiger partial charge in [-0.2, -0.15) is 4.99 Å². The molecule has 2 rings (SSSR count). The first-order valence-corrected chi connectivity index (χ1v) is 6.53. The highest BCUT2D eigenvalue weighted by molar-refractivity contribution is 8.13. The molecule has 1 aliphatic rings. The second kappa shape index (κ2) is 5.32. The first-order valence-electron chi connectivity index (χ1n) is 5.14. The average molecular weight is 251 g/mol. The van der Waals surface area contributed by atoms with Gasteiger partial charge in [0.1, 0.15) is 0 Å². The average Bonchev–Trinajstić information content (AvgIpc) is 2.29. The fourth-order valence-electron chi connectivity index (χ4n) is 1.41. The van der Waals surface area contributed by atoms with E-state index in [9.17, 15) is 0 Å². The molecule has 1 heterocycles. The third-order valence-electron chi connectivity index (χ3n) is 2.15. The zero-order valence-electron chi connectivity index (χ0n) is 8.99. The number of para-hydroxylation sites is 1. The van der Waals surface area contributed by atoms with Crippen molar-refractivity contribution < 1.29 is 0 Å². The van der Waals surface area contributed by atoms with Crippen molar-refractivity contribution in [3.63, 3.8) is 0 Å². The van der Waals surface area contributed by atoms with Crippen LogP contribution in [0.5, 0.6) is 0 Å². The van der Waals surface area contributed by atoms with E-state index in [-0.39, 0.29) is 0 Å². The number of thiocarbonyl (C=S) groups is 1. The molecule has 16 heavy (non-hydrogen) atoms. The van der Waals surface area contributed by atoms with Crippen LogP contribution in [0.25, 0.3) is 0 Å². The van der Waals surface area contributed by atoms with E-state index >= 15 is 0 Å². The second-order valence-corrected chi connectivity index (χ2v) is 4.67. The predicted octanol–water partition coefficient (Wildman–Crippen LogP) is 2.60. The standard InChI is InChI=1S/C11H13N3S2/c1-2-12-10(15)14-11-13-9-6-4-3-5-8(9)7-16-11/h3-6H,2,7H2,1H3,(H2,12,13,14,15). The highest BCUT2D eigenvalue weighted by Crippen LogP contribution is 2.27. The van der Waals surface area contributed by atoms with Crippen LogP contribution in [-0.4, -0.2) is 16.8 Å². The number of nitrogens with one attached hydrogen (secondary N) is 2. The number of hydrogen-bond donors (Lipinski definition) is 2. The third-order valence-corrected chi connectivity index (χ3v) is 3.31. The van der Waals surface area contributed by atoms with E-state index in [1.54, 1.807) is 11.8 Å². The van der Waals surface area contributed by atoms with Crippen LogP contribution in [0.2, 0.25) is 0 Å². The van der Waals surface area contributed by atoms with Crippen molar-refractivity contribution >= 4 is 39.9 Å². The van der Waals surface area contributed by atoms with E-state index in [1.165, 1.54) is 5.56 Å². The molecule has 0 saturated carbocycles. The minimum atomic E-state index is 0.539. The topological polar surface area (TPSA) is 36.4 Å². The van der Waals surface area contributed by atoms with Gasteiger partial charge in [-0.3, -0.25) is 0 Å². The highest BCUT2D eigenvalue weighted by atomic mass is 32.2. The fourth-order valence-corrected chi connectivity index (χ4v) is 2.58. The summed E-state index contributed by atoms with van der Waals surface area (Å²) in [5, 5.41) is 7.68. The van der Waals surface area contributed by atoms with Crippen LogP contribution in [0.3, 0.4) is 0 Å². The Morgan fingerprint density at radius 1 is 1.56 bits per heavy atom. The summed E-state index contributed by atoms with van der Waals surface area (Å²) in [5.74, 6) is 0.941. The minimum absolute atomic E-state index is 0.539. The summed E-state index contributed by atoms with van der Waals surface area (Å²) in [6.07, 6.45) is 0. The number of aliphatic imine (C=N–C) groups is 1. The van der Waals surface area contributed by atoms with Gasteiger partial charge in [-0.05, 0) is 30.8 Å². The molecule has 3 nitrogen and oxygen atoms in total. The molecule has 0 bridgehead atoms. The normalized spacial score (nSPS) is 16.4. The number of benzene rings is 1. The summed E-state index contributed by atoms with van der Waals surface area (Å²) in [5.41, 5.74) is 2.43. The van der Waals surface area contributed by atoms with Crippen LogP contribution in [0.1, 0.15) is 12.5 Å². The zero-order chi connectivity index (χ0) is 11.4. The van der Waals surface area contributed by atoms with Crippen LogP contribution in [-0.2, 0) is 5.75 Å². The number of anilines is 1. The lowest BCUT2D eigenvalue weighted by atomic mass is 10.2. The lowest BCUT2D eigenvalue weighted by Gasteiger charge is -2.18. The molecule has 5 heteroatoms. The monoisotopic (exact) mass is 251 g/mol.